The van der Waals surface area contributed by atoms with Crippen molar-refractivity contribution in [2.24, 2.45) is 4.99 Å². The van der Waals surface area contributed by atoms with Crippen LogP contribution in [0.5, 0.6) is 5.75 Å². The van der Waals surface area contributed by atoms with Crippen molar-refractivity contribution in [3.05, 3.63) is 59.2 Å². The van der Waals surface area contributed by atoms with E-state index < -0.39 is 6.61 Å². The van der Waals surface area contributed by atoms with Gasteiger partial charge in [0, 0.05) is 31.4 Å². The Labute approximate surface area is 168 Å². The highest BCUT2D eigenvalue weighted by molar-refractivity contribution is 5.98. The van der Waals surface area contributed by atoms with Crippen LogP contribution in [0.15, 0.2) is 47.5 Å². The van der Waals surface area contributed by atoms with Gasteiger partial charge in [0.25, 0.3) is 0 Å². The predicted octanol–water partition coefficient (Wildman–Crippen LogP) is 2.85. The lowest BCUT2D eigenvalue weighted by Crippen LogP contribution is -2.44. The maximum Gasteiger partial charge on any atom is 0.387 e. The summed E-state index contributed by atoms with van der Waals surface area (Å²) >= 11 is 0. The van der Waals surface area contributed by atoms with Crippen LogP contribution in [0, 0.1) is 6.92 Å². The molecule has 0 saturated carbocycles. The van der Waals surface area contributed by atoms with Gasteiger partial charge in [-0.1, -0.05) is 35.9 Å². The first-order valence-corrected chi connectivity index (χ1v) is 9.35. The zero-order valence-electron chi connectivity index (χ0n) is 16.4. The van der Waals surface area contributed by atoms with Gasteiger partial charge in [-0.05, 0) is 31.0 Å². The number of halogens is 2. The Morgan fingerprint density at radius 2 is 2.03 bits per heavy atom. The zero-order chi connectivity index (χ0) is 20.8. The molecule has 1 amide bonds. The van der Waals surface area contributed by atoms with Crippen molar-refractivity contribution < 1.29 is 18.3 Å². The summed E-state index contributed by atoms with van der Waals surface area (Å²) in [5, 5.41) is 6.02. The number of aliphatic imine (C=N–C) groups is 1. The number of benzene rings is 2. The summed E-state index contributed by atoms with van der Waals surface area (Å²) < 4.78 is 29.8. The highest BCUT2D eigenvalue weighted by Crippen LogP contribution is 2.27. The molecule has 1 heterocycles. The molecule has 1 aliphatic heterocycles. The first-order chi connectivity index (χ1) is 14.0. The number of amides is 1. The van der Waals surface area contributed by atoms with Gasteiger partial charge in [-0.2, -0.15) is 8.78 Å². The van der Waals surface area contributed by atoms with Gasteiger partial charge in [0.15, 0.2) is 5.96 Å². The second kappa shape index (κ2) is 9.36. The number of alkyl halides is 2. The minimum absolute atomic E-state index is 0.0600. The third-order valence-corrected chi connectivity index (χ3v) is 4.70. The molecule has 6 nitrogen and oxygen atoms in total. The van der Waals surface area contributed by atoms with E-state index in [1.54, 1.807) is 24.1 Å². The van der Waals surface area contributed by atoms with Crippen LogP contribution in [0.4, 0.5) is 14.5 Å². The average Bonchev–Trinajstić information content (AvgIpc) is 3.13. The molecule has 0 radical (unpaired) electrons. The molecule has 29 heavy (non-hydrogen) atoms. The fourth-order valence-corrected chi connectivity index (χ4v) is 3.31. The maximum atomic E-state index is 12.6. The van der Waals surface area contributed by atoms with E-state index in [1.807, 2.05) is 31.2 Å². The standard InChI is InChI=1S/C21H24F2N4O2/c1-14-7-8-18(29-20(22)23)16(11-14)12-25-21(24-2)26-13-19(28)27-10-9-15-5-3-4-6-17(15)27/h3-8,11,20H,9-10,12-13H2,1-2H3,(H2,24,25,26). The average molecular weight is 402 g/mol. The molecule has 3 rings (SSSR count). The predicted molar refractivity (Wildman–Crippen MR) is 109 cm³/mol. The fraction of sp³-hybridized carbons (Fsp3) is 0.333. The molecule has 0 unspecified atom stereocenters. The van der Waals surface area contributed by atoms with Crippen LogP contribution in [0.25, 0.3) is 0 Å². The van der Waals surface area contributed by atoms with Crippen molar-refractivity contribution in [3.8, 4) is 5.75 Å². The normalized spacial score (nSPS) is 13.4. The van der Waals surface area contributed by atoms with Gasteiger partial charge in [0.1, 0.15) is 5.75 Å². The van der Waals surface area contributed by atoms with E-state index in [-0.39, 0.29) is 24.7 Å². The largest absolute Gasteiger partial charge is 0.434 e. The number of hydrogen-bond acceptors (Lipinski definition) is 3. The second-order valence-corrected chi connectivity index (χ2v) is 6.69. The molecular formula is C21H24F2N4O2. The highest BCUT2D eigenvalue weighted by atomic mass is 19.3. The number of hydrogen-bond donors (Lipinski definition) is 2. The molecule has 2 aromatic carbocycles. The van der Waals surface area contributed by atoms with Gasteiger partial charge in [0.2, 0.25) is 5.91 Å². The highest BCUT2D eigenvalue weighted by Gasteiger charge is 2.23. The molecule has 0 aliphatic carbocycles. The molecular weight excluding hydrogens is 378 g/mol. The number of carbonyl (C=O) groups excluding carboxylic acids is 1. The summed E-state index contributed by atoms with van der Waals surface area (Å²) in [6.45, 7) is -0.0691. The molecule has 0 fully saturated rings. The summed E-state index contributed by atoms with van der Waals surface area (Å²) in [4.78, 5) is 18.4. The summed E-state index contributed by atoms with van der Waals surface area (Å²) in [5.41, 5.74) is 3.60. The zero-order valence-corrected chi connectivity index (χ0v) is 16.4. The topological polar surface area (TPSA) is 66.0 Å². The van der Waals surface area contributed by atoms with Gasteiger partial charge in [-0.15, -0.1) is 0 Å². The Kier molecular flexibility index (Phi) is 6.64. The van der Waals surface area contributed by atoms with Gasteiger partial charge >= 0.3 is 6.61 Å². The van der Waals surface area contributed by atoms with E-state index in [0.29, 0.717) is 18.1 Å². The van der Waals surface area contributed by atoms with Crippen LogP contribution >= 0.6 is 0 Å². The van der Waals surface area contributed by atoms with Crippen molar-refractivity contribution >= 4 is 17.6 Å². The summed E-state index contributed by atoms with van der Waals surface area (Å²) in [6, 6.07) is 12.8. The SMILES string of the molecule is CN=C(NCC(=O)N1CCc2ccccc21)NCc1cc(C)ccc1OC(F)F. The van der Waals surface area contributed by atoms with Gasteiger partial charge in [-0.25, -0.2) is 0 Å². The molecule has 0 saturated heterocycles. The number of anilines is 1. The van der Waals surface area contributed by atoms with Crippen molar-refractivity contribution in [2.75, 3.05) is 25.0 Å². The first kappa shape index (κ1) is 20.6. The smallest absolute Gasteiger partial charge is 0.387 e. The number of nitrogens with zero attached hydrogens (tertiary/aromatic N) is 2. The Balaban J connectivity index is 1.57. The molecule has 1 aliphatic rings. The van der Waals surface area contributed by atoms with Gasteiger partial charge in [0.05, 0.1) is 6.54 Å². The molecule has 154 valence electrons. The monoisotopic (exact) mass is 402 g/mol. The van der Waals surface area contributed by atoms with E-state index in [4.69, 9.17) is 0 Å². The number of rotatable bonds is 6. The van der Waals surface area contributed by atoms with Crippen molar-refractivity contribution in [3.63, 3.8) is 0 Å². The number of guanidine groups is 1. The minimum Gasteiger partial charge on any atom is -0.434 e. The lowest BCUT2D eigenvalue weighted by atomic mass is 10.1. The second-order valence-electron chi connectivity index (χ2n) is 6.69. The molecule has 0 spiro atoms. The van der Waals surface area contributed by atoms with E-state index in [0.717, 1.165) is 23.2 Å². The molecule has 0 aromatic heterocycles. The number of para-hydroxylation sites is 1. The fourth-order valence-electron chi connectivity index (χ4n) is 3.31. The number of nitrogens with one attached hydrogen (secondary N) is 2. The molecule has 0 bridgehead atoms. The van der Waals surface area contributed by atoms with Crippen LogP contribution in [0.3, 0.4) is 0 Å². The lowest BCUT2D eigenvalue weighted by molar-refractivity contribution is -0.117. The molecule has 2 N–H and O–H groups in total. The third kappa shape index (κ3) is 5.22. The van der Waals surface area contributed by atoms with Crippen LogP contribution in [-0.2, 0) is 17.8 Å². The maximum absolute atomic E-state index is 12.6. The van der Waals surface area contributed by atoms with Crippen LogP contribution < -0.4 is 20.3 Å². The van der Waals surface area contributed by atoms with E-state index in [9.17, 15) is 13.6 Å². The Hall–Kier alpha value is -3.16. The van der Waals surface area contributed by atoms with E-state index >= 15 is 0 Å². The lowest BCUT2D eigenvalue weighted by Gasteiger charge is -2.19. The van der Waals surface area contributed by atoms with Crippen LogP contribution in [-0.4, -0.2) is 38.6 Å². The summed E-state index contributed by atoms with van der Waals surface area (Å²) in [7, 11) is 1.58. The molecule has 2 aromatic rings. The van der Waals surface area contributed by atoms with Crippen molar-refractivity contribution in [2.45, 2.75) is 26.5 Å². The van der Waals surface area contributed by atoms with E-state index in [2.05, 4.69) is 20.4 Å². The Morgan fingerprint density at radius 1 is 1.24 bits per heavy atom. The number of fused-ring (bicyclic) bond motifs is 1. The van der Waals surface area contributed by atoms with Gasteiger partial charge < -0.3 is 20.3 Å². The number of carbonyl (C=O) groups is 1. The molecule has 8 heteroatoms. The summed E-state index contributed by atoms with van der Waals surface area (Å²) in [6.07, 6.45) is 0.842. The van der Waals surface area contributed by atoms with Gasteiger partial charge in [-0.3, -0.25) is 9.79 Å². The van der Waals surface area contributed by atoms with Crippen LogP contribution in [0.1, 0.15) is 16.7 Å². The van der Waals surface area contributed by atoms with Crippen LogP contribution in [0.2, 0.25) is 0 Å². The van der Waals surface area contributed by atoms with E-state index in [1.165, 1.54) is 6.07 Å². The minimum atomic E-state index is -2.89. The Morgan fingerprint density at radius 3 is 2.79 bits per heavy atom. The van der Waals surface area contributed by atoms with Crippen molar-refractivity contribution in [1.29, 1.82) is 0 Å². The first-order valence-electron chi connectivity index (χ1n) is 9.35. The number of ether oxygens (including phenoxy) is 1. The quantitative estimate of drug-likeness (QED) is 0.576. The number of aryl methyl sites for hydroxylation is 1. The molecule has 0 atom stereocenters. The Bertz CT molecular complexity index is 902. The summed E-state index contributed by atoms with van der Waals surface area (Å²) in [5.74, 6) is 0.448. The third-order valence-electron chi connectivity index (χ3n) is 4.70. The van der Waals surface area contributed by atoms with Crippen molar-refractivity contribution in [1.82, 2.24) is 10.6 Å².